The van der Waals surface area contributed by atoms with E-state index in [1.54, 1.807) is 0 Å². The molecule has 1 aliphatic rings. The van der Waals surface area contributed by atoms with E-state index in [2.05, 4.69) is 22.8 Å². The second-order valence-electron chi connectivity index (χ2n) is 7.21. The van der Waals surface area contributed by atoms with E-state index in [4.69, 9.17) is 0 Å². The number of benzene rings is 2. The maximum Gasteiger partial charge on any atom is 0.315 e. The maximum absolute atomic E-state index is 12.6. The number of hydrogen-bond acceptors (Lipinski definition) is 3. The summed E-state index contributed by atoms with van der Waals surface area (Å²) in [5, 5.41) is 6.09. The monoisotopic (exact) mass is 401 g/mol. The molecule has 3 rings (SSSR count). The lowest BCUT2D eigenvalue weighted by Crippen LogP contribution is -2.49. The number of urea groups is 1. The molecule has 150 valence electrons. The molecule has 1 fully saturated rings. The highest BCUT2D eigenvalue weighted by molar-refractivity contribution is 7.88. The van der Waals surface area contributed by atoms with Gasteiger partial charge in [-0.25, -0.2) is 17.5 Å². The number of carbonyl (C=O) groups is 1. The van der Waals surface area contributed by atoms with Gasteiger partial charge in [-0.2, -0.15) is 0 Å². The fraction of sp³-hybridized carbons (Fsp3) is 0.381. The maximum atomic E-state index is 12.6. The van der Waals surface area contributed by atoms with Crippen LogP contribution in [0.2, 0.25) is 0 Å². The molecule has 1 aliphatic heterocycles. The Balaban J connectivity index is 1.60. The van der Waals surface area contributed by atoms with Crippen LogP contribution < -0.4 is 10.6 Å². The quantitative estimate of drug-likeness (QED) is 0.781. The van der Waals surface area contributed by atoms with Gasteiger partial charge in [0.15, 0.2) is 0 Å². The van der Waals surface area contributed by atoms with Gasteiger partial charge in [0.05, 0.1) is 12.3 Å². The van der Waals surface area contributed by atoms with Crippen LogP contribution in [0.4, 0.5) is 4.79 Å². The van der Waals surface area contributed by atoms with Gasteiger partial charge in [0.2, 0.25) is 10.0 Å². The van der Waals surface area contributed by atoms with Gasteiger partial charge in [-0.15, -0.1) is 0 Å². The Morgan fingerprint density at radius 2 is 1.61 bits per heavy atom. The van der Waals surface area contributed by atoms with E-state index in [1.807, 2.05) is 48.5 Å². The normalized spacial score (nSPS) is 17.0. The highest BCUT2D eigenvalue weighted by atomic mass is 32.2. The summed E-state index contributed by atoms with van der Waals surface area (Å²) in [4.78, 5) is 12.6. The van der Waals surface area contributed by atoms with E-state index in [0.29, 0.717) is 32.4 Å². The number of sulfonamides is 1. The molecule has 0 spiro atoms. The number of carbonyl (C=O) groups excluding carboxylic acids is 1. The zero-order valence-corrected chi connectivity index (χ0v) is 16.9. The van der Waals surface area contributed by atoms with Crippen LogP contribution in [0.25, 0.3) is 0 Å². The van der Waals surface area contributed by atoms with Crippen LogP contribution in [-0.4, -0.2) is 44.1 Å². The van der Waals surface area contributed by atoms with E-state index in [-0.39, 0.29) is 18.1 Å². The number of rotatable bonds is 6. The summed E-state index contributed by atoms with van der Waals surface area (Å²) in [7, 11) is -3.16. The first-order chi connectivity index (χ1) is 13.4. The van der Waals surface area contributed by atoms with Crippen LogP contribution in [-0.2, 0) is 16.4 Å². The van der Waals surface area contributed by atoms with Crippen LogP contribution in [0.5, 0.6) is 0 Å². The molecule has 7 heteroatoms. The number of nitrogens with zero attached hydrogens (tertiary/aromatic N) is 1. The van der Waals surface area contributed by atoms with Crippen molar-refractivity contribution in [2.24, 2.45) is 0 Å². The van der Waals surface area contributed by atoms with Gasteiger partial charge in [-0.1, -0.05) is 60.7 Å². The van der Waals surface area contributed by atoms with Crippen molar-refractivity contribution >= 4 is 16.1 Å². The van der Waals surface area contributed by atoms with E-state index < -0.39 is 10.0 Å². The fourth-order valence-electron chi connectivity index (χ4n) is 3.50. The van der Waals surface area contributed by atoms with Gasteiger partial charge in [0.1, 0.15) is 0 Å². The van der Waals surface area contributed by atoms with Crippen LogP contribution in [0.1, 0.15) is 30.0 Å². The van der Waals surface area contributed by atoms with Crippen molar-refractivity contribution < 1.29 is 13.2 Å². The molecule has 0 radical (unpaired) electrons. The standard InChI is InChI=1S/C21H27N3O3S/c1-28(26,27)24-14-12-19(13-15-24)22-21(25)23-20(18-10-6-3-7-11-18)16-17-8-4-2-5-9-17/h2-11,19-20H,12-16H2,1H3,(H2,22,23,25). The number of piperidine rings is 1. The zero-order valence-electron chi connectivity index (χ0n) is 16.0. The van der Waals surface area contributed by atoms with Crippen molar-refractivity contribution in [3.63, 3.8) is 0 Å². The Labute approximate surface area is 167 Å². The summed E-state index contributed by atoms with van der Waals surface area (Å²) in [5.74, 6) is 0. The average molecular weight is 402 g/mol. The topological polar surface area (TPSA) is 78.5 Å². The molecule has 2 aromatic rings. The molecule has 1 heterocycles. The molecule has 1 atom stereocenters. The van der Waals surface area contributed by atoms with Crippen LogP contribution in [0, 0.1) is 0 Å². The Bertz CT molecular complexity index is 864. The minimum absolute atomic E-state index is 0.0221. The third-order valence-electron chi connectivity index (χ3n) is 5.05. The Kier molecular flexibility index (Phi) is 6.70. The van der Waals surface area contributed by atoms with E-state index in [9.17, 15) is 13.2 Å². The SMILES string of the molecule is CS(=O)(=O)N1CCC(NC(=O)NC(Cc2ccccc2)c2ccccc2)CC1. The molecule has 0 aromatic heterocycles. The van der Waals surface area contributed by atoms with Gasteiger partial charge in [0.25, 0.3) is 0 Å². The molecular weight excluding hydrogens is 374 g/mol. The molecule has 1 saturated heterocycles. The Morgan fingerprint density at radius 3 is 2.18 bits per heavy atom. The molecule has 2 amide bonds. The highest BCUT2D eigenvalue weighted by Crippen LogP contribution is 2.19. The van der Waals surface area contributed by atoms with Crippen LogP contribution in [0.15, 0.2) is 60.7 Å². The van der Waals surface area contributed by atoms with E-state index in [1.165, 1.54) is 10.6 Å². The molecular formula is C21H27N3O3S. The average Bonchev–Trinajstić information content (AvgIpc) is 2.69. The summed E-state index contributed by atoms with van der Waals surface area (Å²) in [5.41, 5.74) is 2.20. The summed E-state index contributed by atoms with van der Waals surface area (Å²) in [6.07, 6.45) is 3.16. The number of nitrogens with one attached hydrogen (secondary N) is 2. The summed E-state index contributed by atoms with van der Waals surface area (Å²) in [6, 6.07) is 19.6. The number of amides is 2. The lowest BCUT2D eigenvalue weighted by atomic mass is 9.99. The fourth-order valence-corrected chi connectivity index (χ4v) is 4.38. The largest absolute Gasteiger partial charge is 0.335 e. The Morgan fingerprint density at radius 1 is 1.04 bits per heavy atom. The van der Waals surface area contributed by atoms with Crippen molar-refractivity contribution in [3.8, 4) is 0 Å². The van der Waals surface area contributed by atoms with Crippen molar-refractivity contribution in [1.29, 1.82) is 0 Å². The van der Waals surface area contributed by atoms with Crippen molar-refractivity contribution in [1.82, 2.24) is 14.9 Å². The summed E-state index contributed by atoms with van der Waals surface area (Å²) >= 11 is 0. The smallest absolute Gasteiger partial charge is 0.315 e. The molecule has 0 saturated carbocycles. The predicted molar refractivity (Wildman–Crippen MR) is 110 cm³/mol. The van der Waals surface area contributed by atoms with Gasteiger partial charge >= 0.3 is 6.03 Å². The third-order valence-corrected chi connectivity index (χ3v) is 6.35. The predicted octanol–water partition coefficient (Wildman–Crippen LogP) is 2.69. The summed E-state index contributed by atoms with van der Waals surface area (Å²) in [6.45, 7) is 0.881. The van der Waals surface area contributed by atoms with Gasteiger partial charge < -0.3 is 10.6 Å². The zero-order chi connectivity index (χ0) is 20.0. The molecule has 2 aromatic carbocycles. The lowest BCUT2D eigenvalue weighted by molar-refractivity contribution is 0.224. The van der Waals surface area contributed by atoms with E-state index >= 15 is 0 Å². The van der Waals surface area contributed by atoms with Gasteiger partial charge in [-0.05, 0) is 30.4 Å². The van der Waals surface area contributed by atoms with Crippen molar-refractivity contribution in [2.45, 2.75) is 31.3 Å². The second-order valence-corrected chi connectivity index (χ2v) is 9.19. The summed E-state index contributed by atoms with van der Waals surface area (Å²) < 4.78 is 24.7. The van der Waals surface area contributed by atoms with Crippen molar-refractivity contribution in [2.75, 3.05) is 19.3 Å². The first-order valence-corrected chi connectivity index (χ1v) is 11.4. The molecule has 6 nitrogen and oxygen atoms in total. The van der Waals surface area contributed by atoms with Gasteiger partial charge in [0, 0.05) is 19.1 Å². The highest BCUT2D eigenvalue weighted by Gasteiger charge is 2.26. The van der Waals surface area contributed by atoms with Crippen LogP contribution >= 0.6 is 0 Å². The molecule has 0 bridgehead atoms. The minimum Gasteiger partial charge on any atom is -0.335 e. The van der Waals surface area contributed by atoms with Gasteiger partial charge in [-0.3, -0.25) is 0 Å². The van der Waals surface area contributed by atoms with Crippen LogP contribution in [0.3, 0.4) is 0 Å². The Hall–Kier alpha value is -2.38. The number of hydrogen-bond donors (Lipinski definition) is 2. The molecule has 2 N–H and O–H groups in total. The van der Waals surface area contributed by atoms with E-state index in [0.717, 1.165) is 11.1 Å². The minimum atomic E-state index is -3.16. The third kappa shape index (κ3) is 5.81. The molecule has 0 aliphatic carbocycles. The van der Waals surface area contributed by atoms with Crippen molar-refractivity contribution in [3.05, 3.63) is 71.8 Å². The molecule has 1 unspecified atom stereocenters. The lowest BCUT2D eigenvalue weighted by Gasteiger charge is -2.31. The first-order valence-electron chi connectivity index (χ1n) is 9.53. The second kappa shape index (κ2) is 9.21. The first kappa shape index (κ1) is 20.4. The molecule has 28 heavy (non-hydrogen) atoms.